The number of likely N-dealkylation sites (N-methyl/N-ethyl adjacent to an activating group) is 1. The van der Waals surface area contributed by atoms with Gasteiger partial charge >= 0.3 is 0 Å². The molecular weight excluding hydrogens is 430 g/mol. The van der Waals surface area contributed by atoms with Gasteiger partial charge in [0.15, 0.2) is 0 Å². The molecule has 168 valence electrons. The highest BCUT2D eigenvalue weighted by molar-refractivity contribution is 7.90. The lowest BCUT2D eigenvalue weighted by atomic mass is 10.1. The summed E-state index contributed by atoms with van der Waals surface area (Å²) < 4.78 is 26.6. The van der Waals surface area contributed by atoms with Crippen LogP contribution in [-0.2, 0) is 16.6 Å². The first kappa shape index (κ1) is 20.9. The first-order valence-corrected chi connectivity index (χ1v) is 12.2. The van der Waals surface area contributed by atoms with Crippen LogP contribution in [0.1, 0.15) is 39.1 Å². The van der Waals surface area contributed by atoms with E-state index in [1.54, 1.807) is 6.20 Å². The van der Waals surface area contributed by atoms with E-state index in [1.165, 1.54) is 18.2 Å². The largest absolute Gasteiger partial charge is 0.354 e. The quantitative estimate of drug-likeness (QED) is 0.719. The maximum absolute atomic E-state index is 12.8. The van der Waals surface area contributed by atoms with E-state index in [9.17, 15) is 18.0 Å². The Bertz CT molecular complexity index is 1190. The van der Waals surface area contributed by atoms with Crippen LogP contribution in [0.4, 0.5) is 5.82 Å². The fraction of sp³-hybridized carbons (Fsp3) is 0.409. The van der Waals surface area contributed by atoms with Crippen molar-refractivity contribution < 1.29 is 18.0 Å². The van der Waals surface area contributed by atoms with Crippen molar-refractivity contribution >= 4 is 27.7 Å². The summed E-state index contributed by atoms with van der Waals surface area (Å²) in [5, 5.41) is 2.87. The fourth-order valence-corrected chi connectivity index (χ4v) is 6.05. The van der Waals surface area contributed by atoms with Crippen molar-refractivity contribution in [2.24, 2.45) is 0 Å². The van der Waals surface area contributed by atoms with Gasteiger partial charge in [-0.3, -0.25) is 9.59 Å². The van der Waals surface area contributed by atoms with Crippen LogP contribution in [-0.4, -0.2) is 73.7 Å². The molecule has 1 N–H and O–H groups in total. The molecule has 10 heteroatoms. The molecule has 1 aromatic carbocycles. The Morgan fingerprint density at radius 1 is 1.16 bits per heavy atom. The standard InChI is InChI=1S/C22H25N5O4S/c1-25-9-11-26(12-10-25)20-16(3-2-8-23-20)14-24-21(28)15-4-7-18-19(13-15)32(30,31)27(22(18)29)17-5-6-17/h2-4,7-8,13,17H,5-6,9-12,14H2,1H3,(H,24,28). The third-order valence-corrected chi connectivity index (χ3v) is 8.07. The molecule has 2 amide bonds. The number of amides is 2. The van der Waals surface area contributed by atoms with E-state index < -0.39 is 21.8 Å². The number of nitrogens with zero attached hydrogens (tertiary/aromatic N) is 4. The van der Waals surface area contributed by atoms with Gasteiger partial charge in [0.2, 0.25) is 0 Å². The van der Waals surface area contributed by atoms with Gasteiger partial charge in [-0.2, -0.15) is 0 Å². The molecule has 0 spiro atoms. The smallest absolute Gasteiger partial charge is 0.269 e. The van der Waals surface area contributed by atoms with Crippen LogP contribution in [0.15, 0.2) is 41.4 Å². The lowest BCUT2D eigenvalue weighted by Gasteiger charge is -2.34. The van der Waals surface area contributed by atoms with Crippen LogP contribution in [0.25, 0.3) is 0 Å². The van der Waals surface area contributed by atoms with Crippen molar-refractivity contribution in [3.8, 4) is 0 Å². The predicted molar refractivity (Wildman–Crippen MR) is 118 cm³/mol. The molecule has 0 atom stereocenters. The van der Waals surface area contributed by atoms with Gasteiger partial charge in [0.25, 0.3) is 21.8 Å². The highest BCUT2D eigenvalue weighted by Gasteiger charge is 2.48. The zero-order valence-electron chi connectivity index (χ0n) is 17.8. The highest BCUT2D eigenvalue weighted by Crippen LogP contribution is 2.39. The maximum atomic E-state index is 12.8. The average Bonchev–Trinajstić information content (AvgIpc) is 3.59. The number of rotatable bonds is 5. The molecule has 0 bridgehead atoms. The molecule has 5 rings (SSSR count). The van der Waals surface area contributed by atoms with Gasteiger partial charge in [-0.25, -0.2) is 17.7 Å². The summed E-state index contributed by atoms with van der Waals surface area (Å²) >= 11 is 0. The van der Waals surface area contributed by atoms with Crippen LogP contribution >= 0.6 is 0 Å². The van der Waals surface area contributed by atoms with Gasteiger partial charge in [0, 0.05) is 56.1 Å². The Morgan fingerprint density at radius 2 is 1.91 bits per heavy atom. The number of aromatic nitrogens is 1. The third-order valence-electron chi connectivity index (χ3n) is 6.20. The molecule has 1 saturated carbocycles. The molecule has 3 heterocycles. The van der Waals surface area contributed by atoms with Gasteiger partial charge < -0.3 is 15.1 Å². The fourth-order valence-electron chi connectivity index (χ4n) is 4.21. The zero-order chi connectivity index (χ0) is 22.5. The summed E-state index contributed by atoms with van der Waals surface area (Å²) in [4.78, 5) is 34.3. The van der Waals surface area contributed by atoms with Gasteiger partial charge in [-0.15, -0.1) is 0 Å². The Kier molecular flexibility index (Phi) is 5.13. The second kappa shape index (κ2) is 7.86. The number of sulfonamides is 1. The second-order valence-corrected chi connectivity index (χ2v) is 10.3. The van der Waals surface area contributed by atoms with Gasteiger partial charge in [0.05, 0.1) is 5.56 Å². The maximum Gasteiger partial charge on any atom is 0.269 e. The van der Waals surface area contributed by atoms with Crippen molar-refractivity contribution in [2.45, 2.75) is 30.3 Å². The minimum Gasteiger partial charge on any atom is -0.354 e. The molecule has 32 heavy (non-hydrogen) atoms. The molecule has 1 saturated heterocycles. The highest BCUT2D eigenvalue weighted by atomic mass is 32.2. The lowest BCUT2D eigenvalue weighted by molar-refractivity contribution is 0.0863. The molecule has 1 aliphatic carbocycles. The van der Waals surface area contributed by atoms with Crippen LogP contribution < -0.4 is 10.2 Å². The van der Waals surface area contributed by atoms with Crippen molar-refractivity contribution in [1.29, 1.82) is 0 Å². The minimum absolute atomic E-state index is 0.0819. The molecule has 2 aliphatic heterocycles. The number of pyridine rings is 1. The lowest BCUT2D eigenvalue weighted by Crippen LogP contribution is -2.45. The van der Waals surface area contributed by atoms with Crippen LogP contribution in [0.3, 0.4) is 0 Å². The van der Waals surface area contributed by atoms with Gasteiger partial charge in [-0.1, -0.05) is 6.07 Å². The molecule has 0 unspecified atom stereocenters. The zero-order valence-corrected chi connectivity index (χ0v) is 18.6. The average molecular weight is 456 g/mol. The topological polar surface area (TPSA) is 103 Å². The predicted octanol–water partition coefficient (Wildman–Crippen LogP) is 1.07. The Hall–Kier alpha value is -2.98. The number of piperazine rings is 1. The molecular formula is C22H25N5O4S. The first-order chi connectivity index (χ1) is 15.4. The van der Waals surface area contributed by atoms with E-state index in [0.717, 1.165) is 41.9 Å². The van der Waals surface area contributed by atoms with Crippen molar-refractivity contribution in [3.05, 3.63) is 53.2 Å². The molecule has 9 nitrogen and oxygen atoms in total. The number of hydrogen-bond donors (Lipinski definition) is 1. The van der Waals surface area contributed by atoms with E-state index in [2.05, 4.69) is 27.1 Å². The number of nitrogens with one attached hydrogen (secondary N) is 1. The van der Waals surface area contributed by atoms with Crippen LogP contribution in [0.2, 0.25) is 0 Å². The summed E-state index contributed by atoms with van der Waals surface area (Å²) in [6.07, 6.45) is 3.12. The number of benzene rings is 1. The Morgan fingerprint density at radius 3 is 2.62 bits per heavy atom. The van der Waals surface area contributed by atoms with Crippen molar-refractivity contribution in [3.63, 3.8) is 0 Å². The van der Waals surface area contributed by atoms with Crippen molar-refractivity contribution in [1.82, 2.24) is 19.5 Å². The molecule has 3 aliphatic rings. The summed E-state index contributed by atoms with van der Waals surface area (Å²) in [6.45, 7) is 3.89. The minimum atomic E-state index is -3.90. The number of carbonyl (C=O) groups is 2. The number of fused-ring (bicyclic) bond motifs is 1. The third kappa shape index (κ3) is 3.63. The van der Waals surface area contributed by atoms with E-state index in [-0.39, 0.29) is 28.6 Å². The number of hydrogen-bond acceptors (Lipinski definition) is 7. The molecule has 2 aromatic rings. The normalized spacial score (nSPS) is 20.3. The summed E-state index contributed by atoms with van der Waals surface area (Å²) in [5.41, 5.74) is 1.25. The van der Waals surface area contributed by atoms with E-state index in [4.69, 9.17) is 0 Å². The number of carbonyl (C=O) groups excluding carboxylic acids is 2. The molecule has 2 fully saturated rings. The van der Waals surface area contributed by atoms with Crippen molar-refractivity contribution in [2.75, 3.05) is 38.1 Å². The monoisotopic (exact) mass is 455 g/mol. The summed E-state index contributed by atoms with van der Waals surface area (Å²) in [5.74, 6) is -0.0433. The van der Waals surface area contributed by atoms with E-state index >= 15 is 0 Å². The number of anilines is 1. The van der Waals surface area contributed by atoms with Crippen LogP contribution in [0.5, 0.6) is 0 Å². The van der Waals surface area contributed by atoms with Gasteiger partial charge in [0.1, 0.15) is 10.7 Å². The van der Waals surface area contributed by atoms with Gasteiger partial charge in [-0.05, 0) is 44.2 Å². The van der Waals surface area contributed by atoms with E-state index in [1.807, 2.05) is 12.1 Å². The summed E-state index contributed by atoms with van der Waals surface area (Å²) in [7, 11) is -1.81. The first-order valence-electron chi connectivity index (χ1n) is 10.7. The SMILES string of the molecule is CN1CCN(c2ncccc2CNC(=O)c2ccc3c(c2)S(=O)(=O)N(C2CC2)C3=O)CC1. The Labute approximate surface area is 187 Å². The van der Waals surface area contributed by atoms with Crippen LogP contribution in [0, 0.1) is 0 Å². The van der Waals surface area contributed by atoms with E-state index in [0.29, 0.717) is 12.8 Å². The molecule has 0 radical (unpaired) electrons. The molecule has 1 aromatic heterocycles. The summed E-state index contributed by atoms with van der Waals surface area (Å²) in [6, 6.07) is 7.76. The second-order valence-electron chi connectivity index (χ2n) is 8.51. The Balaban J connectivity index is 1.33.